The van der Waals surface area contributed by atoms with E-state index >= 15 is 0 Å². The summed E-state index contributed by atoms with van der Waals surface area (Å²) in [6, 6.07) is 6.03. The molecule has 0 bridgehead atoms. The SMILES string of the molecule is O=C1NC(c2cc(F)ccc2Cl)c2c(NC(=O)N3CCCC(F)C3)cc(Br)cc21. The summed E-state index contributed by atoms with van der Waals surface area (Å²) < 4.78 is 28.1. The molecule has 4 rings (SSSR count). The molecule has 2 atom stereocenters. The molecule has 1 fully saturated rings. The Morgan fingerprint density at radius 3 is 2.86 bits per heavy atom. The van der Waals surface area contributed by atoms with Gasteiger partial charge in [-0.2, -0.15) is 0 Å². The summed E-state index contributed by atoms with van der Waals surface area (Å²) in [6.07, 6.45) is -0.0220. The van der Waals surface area contributed by atoms with Crippen LogP contribution in [0.15, 0.2) is 34.8 Å². The van der Waals surface area contributed by atoms with Gasteiger partial charge in [-0.25, -0.2) is 13.6 Å². The molecular formula is C20H17BrClF2N3O2. The van der Waals surface area contributed by atoms with E-state index in [2.05, 4.69) is 26.6 Å². The third-order valence-corrected chi connectivity index (χ3v) is 5.92. The van der Waals surface area contributed by atoms with Gasteiger partial charge in [-0.15, -0.1) is 0 Å². The second-order valence-electron chi connectivity index (χ2n) is 7.10. The molecule has 0 aromatic heterocycles. The van der Waals surface area contributed by atoms with Crippen molar-refractivity contribution in [3.05, 3.63) is 62.3 Å². The zero-order valence-electron chi connectivity index (χ0n) is 15.1. The average Bonchev–Trinajstić information content (AvgIpc) is 3.00. The van der Waals surface area contributed by atoms with Gasteiger partial charge in [-0.05, 0) is 43.2 Å². The number of halogens is 4. The van der Waals surface area contributed by atoms with Crippen LogP contribution in [0.5, 0.6) is 0 Å². The number of fused-ring (bicyclic) bond motifs is 1. The van der Waals surface area contributed by atoms with Gasteiger partial charge in [0, 0.05) is 38.4 Å². The number of amides is 3. The number of likely N-dealkylation sites (tertiary alicyclic amines) is 1. The van der Waals surface area contributed by atoms with Crippen LogP contribution in [0.4, 0.5) is 19.3 Å². The van der Waals surface area contributed by atoms with E-state index in [-0.39, 0.29) is 12.5 Å². The van der Waals surface area contributed by atoms with Crippen molar-refractivity contribution >= 4 is 45.2 Å². The van der Waals surface area contributed by atoms with Crippen molar-refractivity contribution in [3.63, 3.8) is 0 Å². The smallest absolute Gasteiger partial charge is 0.321 e. The number of alkyl halides is 1. The zero-order chi connectivity index (χ0) is 20.7. The highest BCUT2D eigenvalue weighted by Crippen LogP contribution is 2.41. The van der Waals surface area contributed by atoms with Crippen LogP contribution in [0.2, 0.25) is 5.02 Å². The van der Waals surface area contributed by atoms with Crippen molar-refractivity contribution in [1.82, 2.24) is 10.2 Å². The van der Waals surface area contributed by atoms with Crippen LogP contribution in [-0.2, 0) is 0 Å². The van der Waals surface area contributed by atoms with Crippen molar-refractivity contribution in [2.75, 3.05) is 18.4 Å². The minimum absolute atomic E-state index is 0.0262. The fraction of sp³-hybridized carbons (Fsp3) is 0.300. The number of piperidine rings is 1. The molecule has 0 spiro atoms. The first kappa shape index (κ1) is 20.1. The molecule has 3 amide bonds. The largest absolute Gasteiger partial charge is 0.341 e. The van der Waals surface area contributed by atoms with Gasteiger partial charge in [0.25, 0.3) is 5.91 Å². The van der Waals surface area contributed by atoms with Crippen molar-refractivity contribution in [1.29, 1.82) is 0 Å². The lowest BCUT2D eigenvalue weighted by molar-refractivity contribution is 0.0960. The highest BCUT2D eigenvalue weighted by atomic mass is 79.9. The Morgan fingerprint density at radius 1 is 1.31 bits per heavy atom. The molecule has 2 aliphatic heterocycles. The molecule has 5 nitrogen and oxygen atoms in total. The van der Waals surface area contributed by atoms with E-state index in [0.29, 0.717) is 51.3 Å². The quantitative estimate of drug-likeness (QED) is 0.627. The summed E-state index contributed by atoms with van der Waals surface area (Å²) in [6.45, 7) is 0.483. The van der Waals surface area contributed by atoms with Crippen LogP contribution in [0, 0.1) is 5.82 Å². The van der Waals surface area contributed by atoms with Crippen molar-refractivity contribution in [2.45, 2.75) is 25.1 Å². The predicted molar refractivity (Wildman–Crippen MR) is 110 cm³/mol. The third kappa shape index (κ3) is 3.96. The molecule has 29 heavy (non-hydrogen) atoms. The Hall–Kier alpha value is -2.19. The predicted octanol–water partition coefficient (Wildman–Crippen LogP) is 5.04. The number of benzene rings is 2. The maximum Gasteiger partial charge on any atom is 0.321 e. The van der Waals surface area contributed by atoms with Crippen molar-refractivity contribution < 1.29 is 18.4 Å². The average molecular weight is 485 g/mol. The maximum atomic E-state index is 13.8. The molecule has 2 aliphatic rings. The normalized spacial score (nSPS) is 21.0. The van der Waals surface area contributed by atoms with E-state index in [1.165, 1.54) is 23.1 Å². The molecule has 2 unspecified atom stereocenters. The number of hydrogen-bond acceptors (Lipinski definition) is 2. The highest BCUT2D eigenvalue weighted by molar-refractivity contribution is 9.10. The second kappa shape index (κ2) is 7.91. The summed E-state index contributed by atoms with van der Waals surface area (Å²) in [5, 5.41) is 5.88. The molecule has 2 heterocycles. The van der Waals surface area contributed by atoms with Gasteiger partial charge in [0.2, 0.25) is 0 Å². The summed E-state index contributed by atoms with van der Waals surface area (Å²) in [5.74, 6) is -0.846. The summed E-state index contributed by atoms with van der Waals surface area (Å²) in [4.78, 5) is 26.7. The number of hydrogen-bond donors (Lipinski definition) is 2. The maximum absolute atomic E-state index is 13.8. The lowest BCUT2D eigenvalue weighted by atomic mass is 9.96. The second-order valence-corrected chi connectivity index (χ2v) is 8.43. The summed E-state index contributed by atoms with van der Waals surface area (Å²) >= 11 is 9.60. The van der Waals surface area contributed by atoms with Crippen LogP contribution < -0.4 is 10.6 Å². The van der Waals surface area contributed by atoms with Crippen molar-refractivity contribution in [2.24, 2.45) is 0 Å². The standard InChI is InChI=1S/C20H17BrClF2N3O2/c21-10-6-14-17(16(7-10)25-20(29)27-5-1-2-12(24)9-27)18(26-19(14)28)13-8-11(23)3-4-15(13)22/h3-4,6-8,12,18H,1-2,5,9H2,(H,25,29)(H,26,28). The van der Waals surface area contributed by atoms with Gasteiger partial charge in [-0.3, -0.25) is 4.79 Å². The number of nitrogens with one attached hydrogen (secondary N) is 2. The van der Waals surface area contributed by atoms with Crippen LogP contribution in [0.3, 0.4) is 0 Å². The molecule has 0 saturated carbocycles. The van der Waals surface area contributed by atoms with Crippen LogP contribution in [-0.4, -0.2) is 36.1 Å². The van der Waals surface area contributed by atoms with Gasteiger partial charge in [0.05, 0.1) is 12.6 Å². The lowest BCUT2D eigenvalue weighted by Gasteiger charge is -2.29. The topological polar surface area (TPSA) is 61.4 Å². The van der Waals surface area contributed by atoms with Crippen LogP contribution in [0.25, 0.3) is 0 Å². The fourth-order valence-corrected chi connectivity index (χ4v) is 4.46. The molecule has 2 aromatic carbocycles. The number of carbonyl (C=O) groups is 2. The number of rotatable bonds is 2. The Bertz CT molecular complexity index is 1000. The van der Waals surface area contributed by atoms with E-state index in [0.717, 1.165) is 0 Å². The number of nitrogens with zero attached hydrogens (tertiary/aromatic N) is 1. The molecule has 9 heteroatoms. The first-order chi connectivity index (χ1) is 13.8. The third-order valence-electron chi connectivity index (χ3n) is 5.12. The van der Waals surface area contributed by atoms with E-state index in [1.54, 1.807) is 12.1 Å². The van der Waals surface area contributed by atoms with Crippen LogP contribution in [0.1, 0.15) is 40.4 Å². The Labute approximate surface area is 179 Å². The lowest BCUT2D eigenvalue weighted by Crippen LogP contribution is -2.43. The number of anilines is 1. The van der Waals surface area contributed by atoms with Gasteiger partial charge >= 0.3 is 6.03 Å². The fourth-order valence-electron chi connectivity index (χ4n) is 3.77. The number of urea groups is 1. The van der Waals surface area contributed by atoms with E-state index in [4.69, 9.17) is 11.6 Å². The van der Waals surface area contributed by atoms with E-state index < -0.39 is 24.1 Å². The molecule has 2 aromatic rings. The molecule has 1 saturated heterocycles. The van der Waals surface area contributed by atoms with Gasteiger partial charge in [0.15, 0.2) is 0 Å². The first-order valence-electron chi connectivity index (χ1n) is 9.12. The summed E-state index contributed by atoms with van der Waals surface area (Å²) in [5.41, 5.74) is 1.61. The van der Waals surface area contributed by atoms with Gasteiger partial charge in [0.1, 0.15) is 12.0 Å². The minimum Gasteiger partial charge on any atom is -0.341 e. The molecule has 152 valence electrons. The first-order valence-corrected chi connectivity index (χ1v) is 10.3. The van der Waals surface area contributed by atoms with Gasteiger partial charge in [-0.1, -0.05) is 27.5 Å². The minimum atomic E-state index is -1.05. The molecule has 2 N–H and O–H groups in total. The monoisotopic (exact) mass is 483 g/mol. The van der Waals surface area contributed by atoms with E-state index in [1.807, 2.05) is 0 Å². The Morgan fingerprint density at radius 2 is 2.10 bits per heavy atom. The van der Waals surface area contributed by atoms with Crippen molar-refractivity contribution in [3.8, 4) is 0 Å². The molecular weight excluding hydrogens is 468 g/mol. The van der Waals surface area contributed by atoms with E-state index in [9.17, 15) is 18.4 Å². The summed E-state index contributed by atoms with van der Waals surface area (Å²) in [7, 11) is 0. The number of carbonyl (C=O) groups excluding carboxylic acids is 2. The van der Waals surface area contributed by atoms with Crippen LogP contribution >= 0.6 is 27.5 Å². The Kier molecular flexibility index (Phi) is 5.48. The highest BCUT2D eigenvalue weighted by Gasteiger charge is 2.35. The van der Waals surface area contributed by atoms with Gasteiger partial charge < -0.3 is 15.5 Å². The molecule has 0 aliphatic carbocycles. The zero-order valence-corrected chi connectivity index (χ0v) is 17.5. The Balaban J connectivity index is 1.73. The molecule has 0 radical (unpaired) electrons.